The van der Waals surface area contributed by atoms with Crippen molar-refractivity contribution in [3.63, 3.8) is 0 Å². The van der Waals surface area contributed by atoms with Crippen molar-refractivity contribution in [2.45, 2.75) is 38.2 Å². The van der Waals surface area contributed by atoms with Gasteiger partial charge < -0.3 is 10.1 Å². The molecule has 4 heteroatoms. The molecule has 1 fully saturated rings. The van der Waals surface area contributed by atoms with E-state index < -0.39 is 5.95 Å². The SMILES string of the molecule is Fc1cccc(NCCOC2CCCCC2)n1. The van der Waals surface area contributed by atoms with Crippen LogP contribution >= 0.6 is 0 Å². The molecule has 1 aromatic rings. The molecule has 0 amide bonds. The fourth-order valence-electron chi connectivity index (χ4n) is 2.14. The Kier molecular flexibility index (Phi) is 4.74. The Balaban J connectivity index is 1.62. The van der Waals surface area contributed by atoms with Crippen LogP contribution in [-0.4, -0.2) is 24.2 Å². The van der Waals surface area contributed by atoms with Crippen LogP contribution in [0.5, 0.6) is 0 Å². The number of pyridine rings is 1. The Morgan fingerprint density at radius 2 is 2.12 bits per heavy atom. The first-order valence-electron chi connectivity index (χ1n) is 6.32. The maximum Gasteiger partial charge on any atom is 0.214 e. The summed E-state index contributed by atoms with van der Waals surface area (Å²) in [5.41, 5.74) is 0. The Hall–Kier alpha value is -1.16. The molecule has 2 rings (SSSR count). The number of anilines is 1. The van der Waals surface area contributed by atoms with E-state index in [9.17, 15) is 4.39 Å². The lowest BCUT2D eigenvalue weighted by atomic mass is 9.98. The van der Waals surface area contributed by atoms with E-state index in [4.69, 9.17) is 4.74 Å². The highest BCUT2D eigenvalue weighted by Gasteiger charge is 2.12. The van der Waals surface area contributed by atoms with Crippen molar-refractivity contribution in [3.8, 4) is 0 Å². The fraction of sp³-hybridized carbons (Fsp3) is 0.615. The summed E-state index contributed by atoms with van der Waals surface area (Å²) < 4.78 is 18.5. The molecule has 0 aromatic carbocycles. The minimum Gasteiger partial charge on any atom is -0.376 e. The monoisotopic (exact) mass is 238 g/mol. The maximum atomic E-state index is 12.8. The van der Waals surface area contributed by atoms with Crippen molar-refractivity contribution in [3.05, 3.63) is 24.1 Å². The molecule has 1 aromatic heterocycles. The molecule has 0 saturated heterocycles. The van der Waals surface area contributed by atoms with Gasteiger partial charge in [0.15, 0.2) is 0 Å². The highest BCUT2D eigenvalue weighted by molar-refractivity contribution is 5.33. The smallest absolute Gasteiger partial charge is 0.214 e. The minimum absolute atomic E-state index is 0.422. The van der Waals surface area contributed by atoms with Crippen LogP contribution in [0.1, 0.15) is 32.1 Å². The summed E-state index contributed by atoms with van der Waals surface area (Å²) >= 11 is 0. The number of rotatable bonds is 5. The molecule has 1 aliphatic rings. The molecule has 0 aliphatic heterocycles. The van der Waals surface area contributed by atoms with Gasteiger partial charge in [0.1, 0.15) is 5.82 Å². The molecule has 3 nitrogen and oxygen atoms in total. The van der Waals surface area contributed by atoms with E-state index in [0.29, 0.717) is 25.1 Å². The van der Waals surface area contributed by atoms with Crippen molar-refractivity contribution in [2.75, 3.05) is 18.5 Å². The second-order valence-corrected chi connectivity index (χ2v) is 4.40. The van der Waals surface area contributed by atoms with Crippen molar-refractivity contribution >= 4 is 5.82 Å². The summed E-state index contributed by atoms with van der Waals surface area (Å²) in [5, 5.41) is 3.05. The lowest BCUT2D eigenvalue weighted by Crippen LogP contribution is -2.20. The topological polar surface area (TPSA) is 34.1 Å². The van der Waals surface area contributed by atoms with Gasteiger partial charge in [0.05, 0.1) is 12.7 Å². The second kappa shape index (κ2) is 6.55. The highest BCUT2D eigenvalue weighted by Crippen LogP contribution is 2.19. The molecule has 0 spiro atoms. The molecule has 1 heterocycles. The van der Waals surface area contributed by atoms with Crippen LogP contribution in [0, 0.1) is 5.95 Å². The predicted octanol–water partition coefficient (Wildman–Crippen LogP) is 2.98. The summed E-state index contributed by atoms with van der Waals surface area (Å²) in [5.74, 6) is 0.112. The lowest BCUT2D eigenvalue weighted by molar-refractivity contribution is 0.0347. The van der Waals surface area contributed by atoms with Crippen LogP contribution in [0.4, 0.5) is 10.2 Å². The standard InChI is InChI=1S/C13H19FN2O/c14-12-7-4-8-13(16-12)15-9-10-17-11-5-2-1-3-6-11/h4,7-8,11H,1-3,5-6,9-10H2,(H,15,16). The first-order chi connectivity index (χ1) is 8.34. The first kappa shape index (κ1) is 12.3. The van der Waals surface area contributed by atoms with Gasteiger partial charge in [-0.05, 0) is 25.0 Å². The Morgan fingerprint density at radius 1 is 1.29 bits per heavy atom. The quantitative estimate of drug-likeness (QED) is 0.632. The number of hydrogen-bond acceptors (Lipinski definition) is 3. The highest BCUT2D eigenvalue weighted by atomic mass is 19.1. The van der Waals surface area contributed by atoms with Crippen LogP contribution in [0.25, 0.3) is 0 Å². The van der Waals surface area contributed by atoms with E-state index in [2.05, 4.69) is 10.3 Å². The van der Waals surface area contributed by atoms with Crippen molar-refractivity contribution < 1.29 is 9.13 Å². The van der Waals surface area contributed by atoms with E-state index in [1.54, 1.807) is 12.1 Å². The normalized spacial score (nSPS) is 17.0. The molecule has 1 N–H and O–H groups in total. The zero-order valence-corrected chi connectivity index (χ0v) is 9.99. The van der Waals surface area contributed by atoms with Crippen LogP contribution < -0.4 is 5.32 Å². The van der Waals surface area contributed by atoms with Gasteiger partial charge in [-0.25, -0.2) is 4.98 Å². The van der Waals surface area contributed by atoms with Gasteiger partial charge in [-0.2, -0.15) is 4.39 Å². The molecule has 0 atom stereocenters. The van der Waals surface area contributed by atoms with Crippen molar-refractivity contribution in [1.82, 2.24) is 4.98 Å². The number of halogens is 1. The lowest BCUT2D eigenvalue weighted by Gasteiger charge is -2.22. The molecule has 0 unspecified atom stereocenters. The number of hydrogen-bond donors (Lipinski definition) is 1. The molecule has 1 aliphatic carbocycles. The third-order valence-corrected chi connectivity index (χ3v) is 3.03. The van der Waals surface area contributed by atoms with Crippen molar-refractivity contribution in [1.29, 1.82) is 0 Å². The largest absolute Gasteiger partial charge is 0.376 e. The number of aromatic nitrogens is 1. The molecule has 17 heavy (non-hydrogen) atoms. The minimum atomic E-state index is -0.455. The van der Waals surface area contributed by atoms with E-state index in [1.807, 2.05) is 0 Å². The maximum absolute atomic E-state index is 12.8. The van der Waals surface area contributed by atoms with Crippen LogP contribution in [0.3, 0.4) is 0 Å². The predicted molar refractivity (Wildman–Crippen MR) is 65.5 cm³/mol. The fourth-order valence-corrected chi connectivity index (χ4v) is 2.14. The van der Waals surface area contributed by atoms with Gasteiger partial charge in [-0.15, -0.1) is 0 Å². The zero-order chi connectivity index (χ0) is 11.9. The van der Waals surface area contributed by atoms with E-state index >= 15 is 0 Å². The molecular weight excluding hydrogens is 219 g/mol. The molecule has 1 saturated carbocycles. The van der Waals surface area contributed by atoms with E-state index in [-0.39, 0.29) is 0 Å². The summed E-state index contributed by atoms with van der Waals surface area (Å²) in [6.07, 6.45) is 6.68. The summed E-state index contributed by atoms with van der Waals surface area (Å²) in [7, 11) is 0. The Labute approximate surface area is 101 Å². The number of ether oxygens (including phenoxy) is 1. The van der Waals surface area contributed by atoms with Gasteiger partial charge in [0.25, 0.3) is 0 Å². The third kappa shape index (κ3) is 4.30. The van der Waals surface area contributed by atoms with Gasteiger partial charge in [0.2, 0.25) is 5.95 Å². The Bertz CT molecular complexity index is 340. The van der Waals surface area contributed by atoms with E-state index in [0.717, 1.165) is 0 Å². The van der Waals surface area contributed by atoms with Crippen molar-refractivity contribution in [2.24, 2.45) is 0 Å². The summed E-state index contributed by atoms with van der Waals surface area (Å²) in [6, 6.07) is 4.74. The summed E-state index contributed by atoms with van der Waals surface area (Å²) in [6.45, 7) is 1.33. The molecule has 94 valence electrons. The summed E-state index contributed by atoms with van der Waals surface area (Å²) in [4.78, 5) is 3.72. The van der Waals surface area contributed by atoms with Gasteiger partial charge in [-0.3, -0.25) is 0 Å². The van der Waals surface area contributed by atoms with E-state index in [1.165, 1.54) is 38.2 Å². The zero-order valence-electron chi connectivity index (χ0n) is 9.99. The third-order valence-electron chi connectivity index (χ3n) is 3.03. The Morgan fingerprint density at radius 3 is 2.88 bits per heavy atom. The molecular formula is C13H19FN2O. The molecule has 0 radical (unpaired) electrons. The van der Waals surface area contributed by atoms with Crippen LogP contribution in [-0.2, 0) is 4.74 Å². The second-order valence-electron chi connectivity index (χ2n) is 4.40. The van der Waals surface area contributed by atoms with Crippen LogP contribution in [0.15, 0.2) is 18.2 Å². The van der Waals surface area contributed by atoms with Gasteiger partial charge in [0, 0.05) is 6.54 Å². The van der Waals surface area contributed by atoms with Crippen LogP contribution in [0.2, 0.25) is 0 Å². The number of nitrogens with zero attached hydrogens (tertiary/aromatic N) is 1. The average Bonchev–Trinajstić information content (AvgIpc) is 2.36. The van der Waals surface area contributed by atoms with Gasteiger partial charge >= 0.3 is 0 Å². The van der Waals surface area contributed by atoms with Gasteiger partial charge in [-0.1, -0.05) is 25.3 Å². The first-order valence-corrected chi connectivity index (χ1v) is 6.32. The number of nitrogens with one attached hydrogen (secondary N) is 1. The molecule has 0 bridgehead atoms. The average molecular weight is 238 g/mol.